The van der Waals surface area contributed by atoms with Gasteiger partial charge in [-0.1, -0.05) is 103 Å². The van der Waals surface area contributed by atoms with E-state index >= 15 is 0 Å². The molecule has 0 atom stereocenters. The summed E-state index contributed by atoms with van der Waals surface area (Å²) in [7, 11) is 0. The number of aromatic nitrogens is 4. The van der Waals surface area contributed by atoms with E-state index in [-0.39, 0.29) is 0 Å². The number of fused-ring (bicyclic) bond motifs is 9. The van der Waals surface area contributed by atoms with Crippen LogP contribution in [0.15, 0.2) is 150 Å². The summed E-state index contributed by atoms with van der Waals surface area (Å²) in [6.45, 7) is 0. The van der Waals surface area contributed by atoms with Gasteiger partial charge in [0.25, 0.3) is 0 Å². The molecule has 0 fully saturated rings. The summed E-state index contributed by atoms with van der Waals surface area (Å²) in [5.74, 6) is 1.84. The zero-order valence-corrected chi connectivity index (χ0v) is 25.1. The number of para-hydroxylation sites is 1. The van der Waals surface area contributed by atoms with E-state index in [1.54, 1.807) is 0 Å². The highest BCUT2D eigenvalue weighted by atomic mass is 16.3. The van der Waals surface area contributed by atoms with Crippen molar-refractivity contribution in [1.29, 1.82) is 0 Å². The monoisotopic (exact) mass is 600 g/mol. The van der Waals surface area contributed by atoms with Gasteiger partial charge in [-0.15, -0.1) is 0 Å². The molecule has 7 aromatic carbocycles. The van der Waals surface area contributed by atoms with Crippen LogP contribution in [0.2, 0.25) is 0 Å². The third-order valence-corrected chi connectivity index (χ3v) is 9.18. The van der Waals surface area contributed by atoms with Gasteiger partial charge in [-0.3, -0.25) is 4.98 Å². The second-order valence-corrected chi connectivity index (χ2v) is 11.9. The second kappa shape index (κ2) is 10.0. The van der Waals surface area contributed by atoms with E-state index in [1.165, 1.54) is 21.5 Å². The molecular formula is C42H24N4O. The normalized spacial score (nSPS) is 11.8. The van der Waals surface area contributed by atoms with Crippen LogP contribution in [0.4, 0.5) is 0 Å². The lowest BCUT2D eigenvalue weighted by atomic mass is 9.96. The molecule has 10 rings (SSSR count). The van der Waals surface area contributed by atoms with Crippen LogP contribution in [-0.2, 0) is 0 Å². The third-order valence-electron chi connectivity index (χ3n) is 9.18. The first-order valence-electron chi connectivity index (χ1n) is 15.6. The van der Waals surface area contributed by atoms with Crippen LogP contribution in [0.3, 0.4) is 0 Å². The zero-order chi connectivity index (χ0) is 30.9. The van der Waals surface area contributed by atoms with E-state index in [2.05, 4.69) is 108 Å². The van der Waals surface area contributed by atoms with Gasteiger partial charge in [0.15, 0.2) is 17.5 Å². The highest BCUT2D eigenvalue weighted by Gasteiger charge is 2.18. The van der Waals surface area contributed by atoms with Gasteiger partial charge < -0.3 is 4.42 Å². The number of nitrogens with zero attached hydrogens (tertiary/aromatic N) is 4. The standard InChI is InChI=1S/C42H24N4O/c1-2-7-27-22-28(14-12-25(27)6-1)40-44-41(46-42(45-40)35-9-5-11-38-39(35)34-8-3-4-10-37(34)47-38)29-15-13-26-16-18-32-31-20-21-43-24-30(31)17-19-33(32)36(26)23-29/h1-24H. The lowest BCUT2D eigenvalue weighted by Gasteiger charge is -2.11. The molecule has 0 unspecified atom stereocenters. The molecule has 3 heterocycles. The average molecular weight is 601 g/mol. The molecule has 47 heavy (non-hydrogen) atoms. The van der Waals surface area contributed by atoms with Crippen molar-refractivity contribution >= 4 is 65.0 Å². The molecule has 0 aliphatic carbocycles. The van der Waals surface area contributed by atoms with Gasteiger partial charge in [-0.05, 0) is 68.0 Å². The smallest absolute Gasteiger partial charge is 0.164 e. The summed E-state index contributed by atoms with van der Waals surface area (Å²) in [6, 6.07) is 46.2. The van der Waals surface area contributed by atoms with Crippen molar-refractivity contribution in [3.8, 4) is 34.2 Å². The minimum atomic E-state index is 0.604. The molecular weight excluding hydrogens is 576 g/mol. The summed E-state index contributed by atoms with van der Waals surface area (Å²) in [5.41, 5.74) is 4.41. The topological polar surface area (TPSA) is 64.7 Å². The first-order chi connectivity index (χ1) is 23.3. The van der Waals surface area contributed by atoms with Crippen LogP contribution in [0.1, 0.15) is 0 Å². The van der Waals surface area contributed by atoms with Crippen molar-refractivity contribution in [1.82, 2.24) is 19.9 Å². The third kappa shape index (κ3) is 4.10. The van der Waals surface area contributed by atoms with Gasteiger partial charge in [0.05, 0.1) is 0 Å². The molecule has 5 nitrogen and oxygen atoms in total. The molecule has 0 radical (unpaired) electrons. The molecule has 0 saturated carbocycles. The van der Waals surface area contributed by atoms with Crippen molar-refractivity contribution in [2.45, 2.75) is 0 Å². The summed E-state index contributed by atoms with van der Waals surface area (Å²) in [4.78, 5) is 19.7. The summed E-state index contributed by atoms with van der Waals surface area (Å²) >= 11 is 0. The first-order valence-corrected chi connectivity index (χ1v) is 15.6. The maximum absolute atomic E-state index is 6.24. The van der Waals surface area contributed by atoms with Gasteiger partial charge in [0.2, 0.25) is 0 Å². The van der Waals surface area contributed by atoms with E-state index in [1.807, 2.05) is 42.7 Å². The number of benzene rings is 7. The molecule has 10 aromatic rings. The molecule has 0 aliphatic rings. The SMILES string of the molecule is c1ccc2cc(-c3nc(-c4ccc5ccc6c7ccncc7ccc6c5c4)nc(-c4cccc5oc6ccccc6c45)n3)ccc2c1. The fourth-order valence-corrected chi connectivity index (χ4v) is 6.90. The Bertz CT molecular complexity index is 2870. The van der Waals surface area contributed by atoms with Crippen molar-refractivity contribution in [2.24, 2.45) is 0 Å². The number of furan rings is 1. The Hall–Kier alpha value is -6.46. The van der Waals surface area contributed by atoms with Crippen molar-refractivity contribution < 1.29 is 4.42 Å². The average Bonchev–Trinajstić information content (AvgIpc) is 3.53. The minimum absolute atomic E-state index is 0.604. The number of pyridine rings is 1. The lowest BCUT2D eigenvalue weighted by Crippen LogP contribution is -2.00. The van der Waals surface area contributed by atoms with E-state index in [0.29, 0.717) is 17.5 Å². The molecule has 0 aliphatic heterocycles. The quantitative estimate of drug-likeness (QED) is 0.189. The van der Waals surface area contributed by atoms with Crippen molar-refractivity contribution in [3.63, 3.8) is 0 Å². The predicted octanol–water partition coefficient (Wildman–Crippen LogP) is 10.8. The first kappa shape index (κ1) is 25.8. The molecule has 218 valence electrons. The van der Waals surface area contributed by atoms with Crippen LogP contribution in [0, 0.1) is 0 Å². The van der Waals surface area contributed by atoms with E-state index in [0.717, 1.165) is 60.2 Å². The summed E-state index contributed by atoms with van der Waals surface area (Å²) < 4.78 is 6.24. The van der Waals surface area contributed by atoms with Crippen LogP contribution in [0.5, 0.6) is 0 Å². The lowest BCUT2D eigenvalue weighted by molar-refractivity contribution is 0.669. The molecule has 0 spiro atoms. The molecule has 3 aromatic heterocycles. The van der Waals surface area contributed by atoms with Crippen LogP contribution in [-0.4, -0.2) is 19.9 Å². The number of hydrogen-bond donors (Lipinski definition) is 0. The molecule has 5 heteroatoms. The van der Waals surface area contributed by atoms with Crippen molar-refractivity contribution in [3.05, 3.63) is 146 Å². The fraction of sp³-hybridized carbons (Fsp3) is 0. The Morgan fingerprint density at radius 1 is 0.404 bits per heavy atom. The Morgan fingerprint density at radius 3 is 1.98 bits per heavy atom. The van der Waals surface area contributed by atoms with Gasteiger partial charge in [0.1, 0.15) is 11.2 Å². The Labute approximate surface area is 268 Å². The van der Waals surface area contributed by atoms with Crippen LogP contribution < -0.4 is 0 Å². The van der Waals surface area contributed by atoms with E-state index in [4.69, 9.17) is 19.4 Å². The molecule has 0 saturated heterocycles. The van der Waals surface area contributed by atoms with Crippen LogP contribution >= 0.6 is 0 Å². The second-order valence-electron chi connectivity index (χ2n) is 11.9. The Balaban J connectivity index is 1.24. The Kier molecular flexibility index (Phi) is 5.51. The highest BCUT2D eigenvalue weighted by Crippen LogP contribution is 2.38. The van der Waals surface area contributed by atoms with E-state index < -0.39 is 0 Å². The molecule has 0 N–H and O–H groups in total. The van der Waals surface area contributed by atoms with E-state index in [9.17, 15) is 0 Å². The summed E-state index contributed by atoms with van der Waals surface area (Å²) in [5, 5.41) is 11.3. The largest absolute Gasteiger partial charge is 0.456 e. The van der Waals surface area contributed by atoms with Crippen LogP contribution in [0.25, 0.3) is 99.2 Å². The highest BCUT2D eigenvalue weighted by molar-refractivity contribution is 6.17. The van der Waals surface area contributed by atoms with Gasteiger partial charge in [0, 0.05) is 45.2 Å². The number of hydrogen-bond acceptors (Lipinski definition) is 5. The Morgan fingerprint density at radius 2 is 1.09 bits per heavy atom. The van der Waals surface area contributed by atoms with Gasteiger partial charge in [-0.2, -0.15) is 0 Å². The van der Waals surface area contributed by atoms with Crippen molar-refractivity contribution in [2.75, 3.05) is 0 Å². The maximum Gasteiger partial charge on any atom is 0.164 e. The van der Waals surface area contributed by atoms with Gasteiger partial charge in [-0.25, -0.2) is 15.0 Å². The molecule has 0 bridgehead atoms. The maximum atomic E-state index is 6.24. The fourth-order valence-electron chi connectivity index (χ4n) is 6.90. The summed E-state index contributed by atoms with van der Waals surface area (Å²) in [6.07, 6.45) is 3.77. The minimum Gasteiger partial charge on any atom is -0.456 e. The van der Waals surface area contributed by atoms with Gasteiger partial charge >= 0.3 is 0 Å². The number of rotatable bonds is 3. The zero-order valence-electron chi connectivity index (χ0n) is 25.1. The predicted molar refractivity (Wildman–Crippen MR) is 191 cm³/mol. The molecule has 0 amide bonds.